The smallest absolute Gasteiger partial charge is 0.251 e. The number of benzene rings is 1. The molecule has 2 N–H and O–H groups in total. The molecule has 5 nitrogen and oxygen atoms in total. The summed E-state index contributed by atoms with van der Waals surface area (Å²) >= 11 is 0. The SMILES string of the molecule is CCCNC(=O)[C@@H](C)NC(=O)c1ccc(COC(C)C)cc1. The maximum absolute atomic E-state index is 12.1. The Morgan fingerprint density at radius 1 is 1.14 bits per heavy atom. The van der Waals surface area contributed by atoms with Gasteiger partial charge in [-0.15, -0.1) is 0 Å². The highest BCUT2D eigenvalue weighted by Crippen LogP contribution is 2.07. The summed E-state index contributed by atoms with van der Waals surface area (Å²) in [5, 5.41) is 5.45. The van der Waals surface area contributed by atoms with Gasteiger partial charge in [0.05, 0.1) is 12.7 Å². The van der Waals surface area contributed by atoms with E-state index >= 15 is 0 Å². The number of amides is 2. The molecule has 0 aromatic heterocycles. The minimum atomic E-state index is -0.553. The lowest BCUT2D eigenvalue weighted by Gasteiger charge is -2.14. The van der Waals surface area contributed by atoms with Crippen molar-refractivity contribution in [3.63, 3.8) is 0 Å². The van der Waals surface area contributed by atoms with Crippen molar-refractivity contribution in [3.8, 4) is 0 Å². The van der Waals surface area contributed by atoms with Crippen LogP contribution in [0, 0.1) is 0 Å². The third-order valence-corrected chi connectivity index (χ3v) is 3.09. The maximum Gasteiger partial charge on any atom is 0.251 e. The topological polar surface area (TPSA) is 67.4 Å². The number of carbonyl (C=O) groups is 2. The highest BCUT2D eigenvalue weighted by atomic mass is 16.5. The van der Waals surface area contributed by atoms with Crippen LogP contribution >= 0.6 is 0 Å². The molecule has 0 heterocycles. The van der Waals surface area contributed by atoms with Crippen LogP contribution in [0.3, 0.4) is 0 Å². The monoisotopic (exact) mass is 306 g/mol. The predicted octanol–water partition coefficient (Wildman–Crippen LogP) is 2.26. The van der Waals surface area contributed by atoms with E-state index in [0.717, 1.165) is 12.0 Å². The van der Waals surface area contributed by atoms with Gasteiger partial charge in [0.1, 0.15) is 6.04 Å². The van der Waals surface area contributed by atoms with E-state index in [4.69, 9.17) is 4.74 Å². The second-order valence-corrected chi connectivity index (χ2v) is 5.54. The average molecular weight is 306 g/mol. The van der Waals surface area contributed by atoms with E-state index in [2.05, 4.69) is 10.6 Å². The van der Waals surface area contributed by atoms with Crippen molar-refractivity contribution in [1.29, 1.82) is 0 Å². The lowest BCUT2D eigenvalue weighted by Crippen LogP contribution is -2.45. The Kier molecular flexibility index (Phi) is 7.60. The molecule has 0 aliphatic carbocycles. The summed E-state index contributed by atoms with van der Waals surface area (Å²) in [6.45, 7) is 8.75. The molecule has 0 aliphatic heterocycles. The number of hydrogen-bond acceptors (Lipinski definition) is 3. The summed E-state index contributed by atoms with van der Waals surface area (Å²) in [5.41, 5.74) is 1.54. The van der Waals surface area contributed by atoms with Gasteiger partial charge in [0.25, 0.3) is 5.91 Å². The van der Waals surface area contributed by atoms with Crippen molar-refractivity contribution >= 4 is 11.8 Å². The van der Waals surface area contributed by atoms with Gasteiger partial charge in [-0.3, -0.25) is 9.59 Å². The Labute approximate surface area is 132 Å². The summed E-state index contributed by atoms with van der Waals surface area (Å²) in [5.74, 6) is -0.423. The highest BCUT2D eigenvalue weighted by Gasteiger charge is 2.15. The summed E-state index contributed by atoms with van der Waals surface area (Å²) in [4.78, 5) is 23.8. The fraction of sp³-hybridized carbons (Fsp3) is 0.529. The van der Waals surface area contributed by atoms with Crippen LogP contribution in [0.1, 0.15) is 50.0 Å². The number of carbonyl (C=O) groups excluding carboxylic acids is 2. The molecule has 0 fully saturated rings. The maximum atomic E-state index is 12.1. The first-order chi connectivity index (χ1) is 10.4. The molecule has 1 aromatic rings. The van der Waals surface area contributed by atoms with E-state index in [-0.39, 0.29) is 17.9 Å². The van der Waals surface area contributed by atoms with E-state index in [1.165, 1.54) is 0 Å². The van der Waals surface area contributed by atoms with Gasteiger partial charge >= 0.3 is 0 Å². The predicted molar refractivity (Wildman–Crippen MR) is 86.6 cm³/mol. The van der Waals surface area contributed by atoms with Gasteiger partial charge in [-0.2, -0.15) is 0 Å². The van der Waals surface area contributed by atoms with Crippen molar-refractivity contribution in [1.82, 2.24) is 10.6 Å². The first-order valence-corrected chi connectivity index (χ1v) is 7.73. The third-order valence-electron chi connectivity index (χ3n) is 3.09. The lowest BCUT2D eigenvalue weighted by atomic mass is 10.1. The molecule has 0 radical (unpaired) electrons. The Morgan fingerprint density at radius 2 is 1.77 bits per heavy atom. The van der Waals surface area contributed by atoms with Crippen LogP contribution in [0.5, 0.6) is 0 Å². The van der Waals surface area contributed by atoms with Gasteiger partial charge in [0.15, 0.2) is 0 Å². The Bertz CT molecular complexity index is 483. The molecule has 122 valence electrons. The molecule has 0 aliphatic rings. The number of rotatable bonds is 8. The number of hydrogen-bond donors (Lipinski definition) is 2. The van der Waals surface area contributed by atoms with Crippen LogP contribution in [0.4, 0.5) is 0 Å². The van der Waals surface area contributed by atoms with Crippen LogP contribution in [-0.2, 0) is 16.1 Å². The van der Waals surface area contributed by atoms with E-state index < -0.39 is 6.04 Å². The summed E-state index contributed by atoms with van der Waals surface area (Å²) in [6, 6.07) is 6.65. The lowest BCUT2D eigenvalue weighted by molar-refractivity contribution is -0.122. The number of nitrogens with one attached hydrogen (secondary N) is 2. The van der Waals surface area contributed by atoms with E-state index in [1.807, 2.05) is 32.9 Å². The summed E-state index contributed by atoms with van der Waals surface area (Å²) in [6.07, 6.45) is 1.04. The Hall–Kier alpha value is -1.88. The summed E-state index contributed by atoms with van der Waals surface area (Å²) < 4.78 is 5.51. The second-order valence-electron chi connectivity index (χ2n) is 5.54. The molecule has 0 spiro atoms. The molecule has 0 unspecified atom stereocenters. The fourth-order valence-electron chi connectivity index (χ4n) is 1.76. The molecule has 0 saturated heterocycles. The molecule has 1 rings (SSSR count). The normalized spacial score (nSPS) is 12.0. The van der Waals surface area contributed by atoms with Gasteiger partial charge in [-0.25, -0.2) is 0 Å². The van der Waals surface area contributed by atoms with Crippen molar-refractivity contribution in [2.45, 2.75) is 52.9 Å². The Balaban J connectivity index is 2.53. The molecule has 2 amide bonds. The molecular formula is C17H26N2O3. The molecule has 0 bridgehead atoms. The van der Waals surface area contributed by atoms with Crippen molar-refractivity contribution in [3.05, 3.63) is 35.4 Å². The molecular weight excluding hydrogens is 280 g/mol. The van der Waals surface area contributed by atoms with Gasteiger partial charge in [0.2, 0.25) is 5.91 Å². The molecule has 1 atom stereocenters. The summed E-state index contributed by atoms with van der Waals surface area (Å²) in [7, 11) is 0. The van der Waals surface area contributed by atoms with E-state index in [9.17, 15) is 9.59 Å². The van der Waals surface area contributed by atoms with Crippen molar-refractivity contribution in [2.24, 2.45) is 0 Å². The van der Waals surface area contributed by atoms with Gasteiger partial charge in [0, 0.05) is 12.1 Å². The van der Waals surface area contributed by atoms with Gasteiger partial charge < -0.3 is 15.4 Å². The van der Waals surface area contributed by atoms with Gasteiger partial charge in [-0.1, -0.05) is 19.1 Å². The standard InChI is InChI=1S/C17H26N2O3/c1-5-10-18-16(20)13(4)19-17(21)15-8-6-14(7-9-15)11-22-12(2)3/h6-9,12-13H,5,10-11H2,1-4H3,(H,18,20)(H,19,21)/t13-/m1/s1. The molecule has 5 heteroatoms. The largest absolute Gasteiger partial charge is 0.374 e. The van der Waals surface area contributed by atoms with E-state index in [1.54, 1.807) is 19.1 Å². The van der Waals surface area contributed by atoms with Crippen molar-refractivity contribution < 1.29 is 14.3 Å². The zero-order valence-corrected chi connectivity index (χ0v) is 13.8. The van der Waals surface area contributed by atoms with Crippen molar-refractivity contribution in [2.75, 3.05) is 6.54 Å². The zero-order valence-electron chi connectivity index (χ0n) is 13.8. The minimum absolute atomic E-state index is 0.169. The van der Waals surface area contributed by atoms with Crippen LogP contribution in [0.15, 0.2) is 24.3 Å². The first-order valence-electron chi connectivity index (χ1n) is 7.73. The zero-order chi connectivity index (χ0) is 16.5. The third kappa shape index (κ3) is 6.26. The molecule has 0 saturated carbocycles. The van der Waals surface area contributed by atoms with Crippen LogP contribution in [0.25, 0.3) is 0 Å². The highest BCUT2D eigenvalue weighted by molar-refractivity contribution is 5.97. The van der Waals surface area contributed by atoms with Crippen LogP contribution < -0.4 is 10.6 Å². The Morgan fingerprint density at radius 3 is 2.32 bits per heavy atom. The van der Waals surface area contributed by atoms with Crippen LogP contribution in [-0.4, -0.2) is 30.5 Å². The molecule has 22 heavy (non-hydrogen) atoms. The van der Waals surface area contributed by atoms with Gasteiger partial charge in [-0.05, 0) is 44.9 Å². The quantitative estimate of drug-likeness (QED) is 0.774. The van der Waals surface area contributed by atoms with Crippen LogP contribution in [0.2, 0.25) is 0 Å². The fourth-order valence-corrected chi connectivity index (χ4v) is 1.76. The minimum Gasteiger partial charge on any atom is -0.374 e. The first kappa shape index (κ1) is 18.2. The second kappa shape index (κ2) is 9.20. The average Bonchev–Trinajstić information content (AvgIpc) is 2.50. The molecule has 1 aromatic carbocycles. The number of ether oxygens (including phenoxy) is 1. The van der Waals surface area contributed by atoms with E-state index in [0.29, 0.717) is 18.7 Å².